The maximum absolute atomic E-state index is 11.8. The molecule has 0 fully saturated rings. The zero-order valence-electron chi connectivity index (χ0n) is 17.6. The van der Waals surface area contributed by atoms with Crippen LogP contribution in [-0.4, -0.2) is 37.0 Å². The van der Waals surface area contributed by atoms with Crippen molar-refractivity contribution in [3.05, 3.63) is 0 Å². The third kappa shape index (κ3) is 18.0. The molecular formula is C22H46N2O. The average Bonchev–Trinajstić information content (AvgIpc) is 2.62. The smallest absolute Gasteiger partial charge is 0.220 e. The molecule has 0 aliphatic heterocycles. The third-order valence-corrected chi connectivity index (χ3v) is 5.15. The maximum atomic E-state index is 11.8. The normalized spacial score (nSPS) is 11.2. The average molecular weight is 355 g/mol. The van der Waals surface area contributed by atoms with Crippen LogP contribution >= 0.6 is 0 Å². The molecule has 0 spiro atoms. The molecule has 0 atom stereocenters. The largest absolute Gasteiger partial charge is 0.355 e. The van der Waals surface area contributed by atoms with Gasteiger partial charge in [-0.2, -0.15) is 0 Å². The van der Waals surface area contributed by atoms with E-state index in [-0.39, 0.29) is 5.91 Å². The summed E-state index contributed by atoms with van der Waals surface area (Å²) in [4.78, 5) is 14.1. The van der Waals surface area contributed by atoms with Gasteiger partial charge in [0.25, 0.3) is 0 Å². The molecule has 0 radical (unpaired) electrons. The zero-order chi connectivity index (χ0) is 18.6. The Labute approximate surface area is 158 Å². The van der Waals surface area contributed by atoms with Crippen molar-refractivity contribution in [2.45, 2.75) is 111 Å². The van der Waals surface area contributed by atoms with E-state index in [1.54, 1.807) is 0 Å². The van der Waals surface area contributed by atoms with Crippen molar-refractivity contribution in [1.82, 2.24) is 10.2 Å². The molecule has 1 amide bonds. The molecule has 0 heterocycles. The van der Waals surface area contributed by atoms with Gasteiger partial charge in [0.05, 0.1) is 0 Å². The Morgan fingerprint density at radius 1 is 0.680 bits per heavy atom. The van der Waals surface area contributed by atoms with E-state index in [9.17, 15) is 4.79 Å². The van der Waals surface area contributed by atoms with E-state index in [4.69, 9.17) is 0 Å². The molecule has 25 heavy (non-hydrogen) atoms. The van der Waals surface area contributed by atoms with Gasteiger partial charge >= 0.3 is 0 Å². The standard InChI is InChI=1S/C22H46N2O/c1-4-7-8-9-10-11-12-13-14-15-16-17-18-19-22(25)23-20-21-24(5-2)6-3/h4-21H2,1-3H3,(H,23,25). The van der Waals surface area contributed by atoms with Crippen LogP contribution in [0.15, 0.2) is 0 Å². The van der Waals surface area contributed by atoms with Crippen molar-refractivity contribution in [3.63, 3.8) is 0 Å². The Bertz CT molecular complexity index is 277. The molecule has 0 aliphatic carbocycles. The van der Waals surface area contributed by atoms with Crippen LogP contribution in [0.2, 0.25) is 0 Å². The number of hydrogen-bond acceptors (Lipinski definition) is 2. The lowest BCUT2D eigenvalue weighted by Gasteiger charge is -2.17. The van der Waals surface area contributed by atoms with Gasteiger partial charge in [-0.05, 0) is 19.5 Å². The van der Waals surface area contributed by atoms with Crippen LogP contribution in [-0.2, 0) is 4.79 Å². The maximum Gasteiger partial charge on any atom is 0.220 e. The highest BCUT2D eigenvalue weighted by Gasteiger charge is 2.02. The van der Waals surface area contributed by atoms with Crippen LogP contribution < -0.4 is 5.32 Å². The van der Waals surface area contributed by atoms with Crippen LogP contribution in [0.5, 0.6) is 0 Å². The number of amides is 1. The number of likely N-dealkylation sites (N-methyl/N-ethyl adjacent to an activating group) is 1. The van der Waals surface area contributed by atoms with Crippen molar-refractivity contribution in [2.24, 2.45) is 0 Å². The summed E-state index contributed by atoms with van der Waals surface area (Å²) in [7, 11) is 0. The van der Waals surface area contributed by atoms with Gasteiger partial charge in [0, 0.05) is 19.5 Å². The number of nitrogens with zero attached hydrogens (tertiary/aromatic N) is 1. The minimum atomic E-state index is 0.232. The van der Waals surface area contributed by atoms with E-state index in [1.165, 1.54) is 77.0 Å². The van der Waals surface area contributed by atoms with Crippen molar-refractivity contribution in [2.75, 3.05) is 26.2 Å². The summed E-state index contributed by atoms with van der Waals surface area (Å²) in [5.41, 5.74) is 0. The molecule has 150 valence electrons. The van der Waals surface area contributed by atoms with Crippen molar-refractivity contribution in [1.29, 1.82) is 0 Å². The number of unbranched alkanes of at least 4 members (excludes halogenated alkanes) is 12. The first-order chi connectivity index (χ1) is 12.2. The minimum Gasteiger partial charge on any atom is -0.355 e. The van der Waals surface area contributed by atoms with Gasteiger partial charge in [0.2, 0.25) is 5.91 Å². The monoisotopic (exact) mass is 354 g/mol. The quantitative estimate of drug-likeness (QED) is 0.292. The second-order valence-corrected chi connectivity index (χ2v) is 7.37. The molecule has 0 aromatic heterocycles. The Balaban J connectivity index is 3.21. The lowest BCUT2D eigenvalue weighted by molar-refractivity contribution is -0.121. The van der Waals surface area contributed by atoms with Crippen LogP contribution in [0, 0.1) is 0 Å². The van der Waals surface area contributed by atoms with Crippen molar-refractivity contribution in [3.8, 4) is 0 Å². The van der Waals surface area contributed by atoms with Gasteiger partial charge in [-0.3, -0.25) is 4.79 Å². The Morgan fingerprint density at radius 2 is 1.12 bits per heavy atom. The van der Waals surface area contributed by atoms with Gasteiger partial charge in [-0.1, -0.05) is 97.8 Å². The van der Waals surface area contributed by atoms with E-state index >= 15 is 0 Å². The SMILES string of the molecule is CCCCCCCCCCCCCCCC(=O)NCCN(CC)CC. The summed E-state index contributed by atoms with van der Waals surface area (Å²) in [6.45, 7) is 10.5. The Morgan fingerprint density at radius 3 is 1.56 bits per heavy atom. The fourth-order valence-electron chi connectivity index (χ4n) is 3.28. The lowest BCUT2D eigenvalue weighted by Crippen LogP contribution is -2.34. The highest BCUT2D eigenvalue weighted by atomic mass is 16.1. The number of nitrogens with one attached hydrogen (secondary N) is 1. The third-order valence-electron chi connectivity index (χ3n) is 5.15. The molecule has 1 N–H and O–H groups in total. The number of hydrogen-bond donors (Lipinski definition) is 1. The summed E-state index contributed by atoms with van der Waals surface area (Å²) in [5, 5.41) is 3.04. The molecule has 0 aliphatic rings. The van der Waals surface area contributed by atoms with Gasteiger partial charge in [-0.25, -0.2) is 0 Å². The predicted molar refractivity (Wildman–Crippen MR) is 111 cm³/mol. The first-order valence-electron chi connectivity index (χ1n) is 11.2. The topological polar surface area (TPSA) is 32.3 Å². The van der Waals surface area contributed by atoms with Gasteiger partial charge in [0.1, 0.15) is 0 Å². The van der Waals surface area contributed by atoms with E-state index in [0.717, 1.165) is 32.6 Å². The predicted octanol–water partition coefficient (Wildman–Crippen LogP) is 5.93. The molecule has 0 saturated carbocycles. The molecule has 0 bridgehead atoms. The summed E-state index contributed by atoms with van der Waals surface area (Å²) in [6, 6.07) is 0. The summed E-state index contributed by atoms with van der Waals surface area (Å²) >= 11 is 0. The number of carbonyl (C=O) groups is 1. The van der Waals surface area contributed by atoms with Gasteiger partial charge in [-0.15, -0.1) is 0 Å². The Kier molecular flexibility index (Phi) is 19.3. The second-order valence-electron chi connectivity index (χ2n) is 7.37. The molecule has 0 aromatic carbocycles. The highest BCUT2D eigenvalue weighted by molar-refractivity contribution is 5.75. The summed E-state index contributed by atoms with van der Waals surface area (Å²) in [6.07, 6.45) is 18.3. The molecule has 0 unspecified atom stereocenters. The van der Waals surface area contributed by atoms with Crippen LogP contribution in [0.1, 0.15) is 111 Å². The summed E-state index contributed by atoms with van der Waals surface area (Å²) < 4.78 is 0. The van der Waals surface area contributed by atoms with Crippen LogP contribution in [0.4, 0.5) is 0 Å². The first-order valence-corrected chi connectivity index (χ1v) is 11.2. The zero-order valence-corrected chi connectivity index (χ0v) is 17.6. The van der Waals surface area contributed by atoms with Gasteiger partial charge < -0.3 is 10.2 Å². The molecule has 3 nitrogen and oxygen atoms in total. The van der Waals surface area contributed by atoms with E-state index in [1.807, 2.05) is 0 Å². The Hall–Kier alpha value is -0.570. The molecule has 0 rings (SSSR count). The van der Waals surface area contributed by atoms with E-state index in [2.05, 4.69) is 31.0 Å². The molecule has 0 saturated heterocycles. The summed E-state index contributed by atoms with van der Waals surface area (Å²) in [5.74, 6) is 0.232. The molecular weight excluding hydrogens is 308 g/mol. The van der Waals surface area contributed by atoms with Crippen molar-refractivity contribution < 1.29 is 4.79 Å². The van der Waals surface area contributed by atoms with Crippen LogP contribution in [0.3, 0.4) is 0 Å². The van der Waals surface area contributed by atoms with Crippen molar-refractivity contribution >= 4 is 5.91 Å². The first kappa shape index (κ1) is 24.4. The molecule has 0 aromatic rings. The fraction of sp³-hybridized carbons (Fsp3) is 0.955. The fourth-order valence-corrected chi connectivity index (χ4v) is 3.28. The van der Waals surface area contributed by atoms with Gasteiger partial charge in [0.15, 0.2) is 0 Å². The van der Waals surface area contributed by atoms with Crippen LogP contribution in [0.25, 0.3) is 0 Å². The highest BCUT2D eigenvalue weighted by Crippen LogP contribution is 2.12. The number of carbonyl (C=O) groups excluding carboxylic acids is 1. The second kappa shape index (κ2) is 19.8. The van der Waals surface area contributed by atoms with E-state index in [0.29, 0.717) is 6.42 Å². The minimum absolute atomic E-state index is 0.232. The number of rotatable bonds is 19. The van der Waals surface area contributed by atoms with E-state index < -0.39 is 0 Å². The lowest BCUT2D eigenvalue weighted by atomic mass is 10.0. The molecule has 3 heteroatoms.